The third-order valence-corrected chi connectivity index (χ3v) is 13.9. The predicted octanol–water partition coefficient (Wildman–Crippen LogP) is 23.4. The fraction of sp³-hybridized carbons (Fsp3) is 0.210. The molecule has 0 spiro atoms. The normalized spacial score (nSPS) is 9.81. The van der Waals surface area contributed by atoms with Gasteiger partial charge in [0.2, 0.25) is 0 Å². The van der Waals surface area contributed by atoms with E-state index in [-0.39, 0.29) is 5.02 Å². The van der Waals surface area contributed by atoms with E-state index in [0.29, 0.717) is 26.2 Å². The quantitative estimate of drug-likeness (QED) is 0.173. The van der Waals surface area contributed by atoms with Gasteiger partial charge >= 0.3 is 6.18 Å². The Morgan fingerprint density at radius 1 is 0.364 bits per heavy atom. The first-order chi connectivity index (χ1) is 36.0. The van der Waals surface area contributed by atoms with Gasteiger partial charge < -0.3 is 9.47 Å². The van der Waals surface area contributed by atoms with Crippen molar-refractivity contribution in [2.75, 3.05) is 14.2 Å². The smallest absolute Gasteiger partial charge is 0.417 e. The van der Waals surface area contributed by atoms with Crippen LogP contribution in [0.25, 0.3) is 0 Å². The molecule has 0 saturated heterocycles. The van der Waals surface area contributed by atoms with Crippen LogP contribution in [-0.2, 0) is 6.18 Å². The summed E-state index contributed by atoms with van der Waals surface area (Å²) in [5.74, 6) is 1.60. The molecule has 0 bridgehead atoms. The van der Waals surface area contributed by atoms with Gasteiger partial charge in [-0.3, -0.25) is 0 Å². The minimum Gasteiger partial charge on any atom is -0.497 e. The summed E-state index contributed by atoms with van der Waals surface area (Å²) in [6.45, 7) is 19.5. The van der Waals surface area contributed by atoms with E-state index in [1.807, 2.05) is 152 Å². The van der Waals surface area contributed by atoms with E-state index in [9.17, 15) is 13.2 Å². The lowest BCUT2D eigenvalue weighted by Crippen LogP contribution is -2.06. The van der Waals surface area contributed by atoms with Crippen LogP contribution >= 0.6 is 104 Å². The molecular formula is C62H61Cl9F3NO2. The highest BCUT2D eigenvalue weighted by Gasteiger charge is 2.33. The van der Waals surface area contributed by atoms with Crippen LogP contribution in [0.15, 0.2) is 152 Å². The molecule has 0 fully saturated rings. The fourth-order valence-electron chi connectivity index (χ4n) is 5.62. The topological polar surface area (TPSA) is 42.2 Å². The Kier molecular flexibility index (Phi) is 33.2. The number of aryl methyl sites for hydroxylation is 10. The summed E-state index contributed by atoms with van der Waals surface area (Å²) in [5, 5.41) is 14.1. The molecule has 0 amide bonds. The lowest BCUT2D eigenvalue weighted by Gasteiger charge is -2.09. The average Bonchev–Trinajstić information content (AvgIpc) is 3.38. The second-order valence-electron chi connectivity index (χ2n) is 16.9. The summed E-state index contributed by atoms with van der Waals surface area (Å²) in [4.78, 5) is 0. The number of hydrogen-bond acceptors (Lipinski definition) is 3. The van der Waals surface area contributed by atoms with Gasteiger partial charge in [0, 0.05) is 25.1 Å². The molecule has 8 aromatic rings. The number of nitrogens with zero attached hydrogens (tertiary/aromatic N) is 1. The Balaban J connectivity index is 0.000000441. The van der Waals surface area contributed by atoms with Crippen LogP contribution in [0.2, 0.25) is 45.2 Å². The van der Waals surface area contributed by atoms with E-state index < -0.39 is 11.7 Å². The number of rotatable bonds is 2. The third kappa shape index (κ3) is 28.1. The molecule has 0 aliphatic rings. The summed E-state index contributed by atoms with van der Waals surface area (Å²) in [7, 11) is 3.25. The highest BCUT2D eigenvalue weighted by atomic mass is 35.5. The van der Waals surface area contributed by atoms with Gasteiger partial charge in [0.15, 0.2) is 0 Å². The second-order valence-corrected chi connectivity index (χ2v) is 20.6. The van der Waals surface area contributed by atoms with Gasteiger partial charge in [-0.2, -0.15) is 18.4 Å². The maximum absolute atomic E-state index is 12.1. The van der Waals surface area contributed by atoms with Gasteiger partial charge in [0.25, 0.3) is 0 Å². The Bertz CT molecular complexity index is 2980. The molecule has 0 aromatic heterocycles. The van der Waals surface area contributed by atoms with Crippen LogP contribution in [0, 0.1) is 80.6 Å². The van der Waals surface area contributed by atoms with E-state index in [0.717, 1.165) is 76.1 Å². The SMILES string of the molecule is COc1ccc(C)c(Cl)c1.COc1ccc(C)c(Cl)c1.Cc1ccc(C#N)c(Cl)c1.Cc1ccc(C)c(Cl)c1.Cc1ccc(Cl)c(C)c1.Cc1ccc(Cl)cc1.Cc1cccc(C(F)(F)F)c1Cl.Cc1cccc(Cl)c1Cl. The molecule has 0 saturated carbocycles. The van der Waals surface area contributed by atoms with E-state index in [1.54, 1.807) is 44.6 Å². The van der Waals surface area contributed by atoms with E-state index in [4.69, 9.17) is 119 Å². The number of nitriles is 1. The van der Waals surface area contributed by atoms with Crippen molar-refractivity contribution in [3.05, 3.63) is 264 Å². The van der Waals surface area contributed by atoms with Crippen LogP contribution < -0.4 is 9.47 Å². The van der Waals surface area contributed by atoms with Crippen molar-refractivity contribution < 1.29 is 22.6 Å². The summed E-state index contributed by atoms with van der Waals surface area (Å²) in [5.41, 5.74) is 10.4. The predicted molar refractivity (Wildman–Crippen MR) is 327 cm³/mol. The van der Waals surface area contributed by atoms with Crippen molar-refractivity contribution in [3.8, 4) is 17.6 Å². The Hall–Kier alpha value is -4.75. The number of alkyl halides is 3. The van der Waals surface area contributed by atoms with Gasteiger partial charge in [-0.05, 0) is 187 Å². The van der Waals surface area contributed by atoms with Gasteiger partial charge in [0.05, 0.1) is 45.4 Å². The van der Waals surface area contributed by atoms with E-state index in [1.165, 1.54) is 35.7 Å². The highest BCUT2D eigenvalue weighted by molar-refractivity contribution is 6.42. The molecule has 0 aliphatic carbocycles. The summed E-state index contributed by atoms with van der Waals surface area (Å²) in [6, 6.07) is 47.8. The van der Waals surface area contributed by atoms with Gasteiger partial charge in [-0.25, -0.2) is 0 Å². The molecule has 8 aromatic carbocycles. The van der Waals surface area contributed by atoms with Crippen LogP contribution in [0.3, 0.4) is 0 Å². The van der Waals surface area contributed by atoms with Crippen molar-refractivity contribution in [2.45, 2.75) is 75.4 Å². The summed E-state index contributed by atoms with van der Waals surface area (Å²) >= 11 is 51.4. The first-order valence-corrected chi connectivity index (χ1v) is 26.6. The molecule has 410 valence electrons. The maximum atomic E-state index is 12.1. The average molecular weight is 1230 g/mol. The summed E-state index contributed by atoms with van der Waals surface area (Å²) in [6.07, 6.45) is -4.36. The number of halogens is 12. The van der Waals surface area contributed by atoms with Crippen molar-refractivity contribution in [3.63, 3.8) is 0 Å². The number of methoxy groups -OCH3 is 2. The van der Waals surface area contributed by atoms with E-state index in [2.05, 4.69) is 19.1 Å². The van der Waals surface area contributed by atoms with Gasteiger partial charge in [0.1, 0.15) is 17.6 Å². The molecule has 0 heterocycles. The maximum Gasteiger partial charge on any atom is 0.417 e. The molecule has 77 heavy (non-hydrogen) atoms. The fourth-order valence-corrected chi connectivity index (χ4v) is 7.29. The van der Waals surface area contributed by atoms with Crippen LogP contribution in [0.4, 0.5) is 13.2 Å². The number of ether oxygens (including phenoxy) is 2. The number of hydrogen-bond donors (Lipinski definition) is 0. The minimum absolute atomic E-state index is 0.218. The van der Waals surface area contributed by atoms with Crippen molar-refractivity contribution in [1.29, 1.82) is 5.26 Å². The zero-order chi connectivity index (χ0) is 58.6. The third-order valence-electron chi connectivity index (χ3n) is 10.3. The zero-order valence-electron chi connectivity index (χ0n) is 44.7. The van der Waals surface area contributed by atoms with Crippen molar-refractivity contribution in [1.82, 2.24) is 0 Å². The number of benzene rings is 8. The minimum atomic E-state index is -4.36. The first kappa shape index (κ1) is 70.3. The van der Waals surface area contributed by atoms with Gasteiger partial charge in [-0.1, -0.05) is 194 Å². The molecule has 15 heteroatoms. The zero-order valence-corrected chi connectivity index (χ0v) is 51.5. The molecule has 0 unspecified atom stereocenters. The highest BCUT2D eigenvalue weighted by Crippen LogP contribution is 2.36. The molecule has 0 aliphatic heterocycles. The molecule has 0 radical (unpaired) electrons. The molecule has 8 rings (SSSR count). The van der Waals surface area contributed by atoms with Crippen LogP contribution in [0.5, 0.6) is 11.5 Å². The van der Waals surface area contributed by atoms with Crippen LogP contribution in [-0.4, -0.2) is 14.2 Å². The van der Waals surface area contributed by atoms with Crippen LogP contribution in [0.1, 0.15) is 66.8 Å². The van der Waals surface area contributed by atoms with E-state index >= 15 is 0 Å². The standard InChI is InChI=1S/C8H6ClF3.C8H6ClN.2C8H9ClO.2C8H9Cl.C7H6Cl2.C7H7Cl/c1-5-3-2-4-6(7(5)9)8(10,11)12;1-6-2-3-7(5-10)8(9)4-6;2*1-6-3-4-7(10-2)5-8(6)9;1-6-3-4-8(9)7(2)5-6;1-6-3-4-7(2)8(9)5-6;1-5-3-2-4-6(8)7(5)9;1-6-2-4-7(8)5-3-6/h2-4H,1H3;2-4H,1H3;2*3-5H,1-2H3;2*3-5H,1-2H3;2-4H,1H3;2-5H,1H3. The van der Waals surface area contributed by atoms with Gasteiger partial charge in [-0.15, -0.1) is 0 Å². The molecule has 3 nitrogen and oxygen atoms in total. The first-order valence-electron chi connectivity index (χ1n) is 23.2. The Morgan fingerprint density at radius 3 is 1.12 bits per heavy atom. The van der Waals surface area contributed by atoms with Crippen molar-refractivity contribution in [2.24, 2.45) is 0 Å². The van der Waals surface area contributed by atoms with Crippen molar-refractivity contribution >= 4 is 104 Å². The monoisotopic (exact) mass is 1220 g/mol. The lowest BCUT2D eigenvalue weighted by atomic mass is 10.1. The lowest BCUT2D eigenvalue weighted by molar-refractivity contribution is -0.137. The second kappa shape index (κ2) is 36.4. The molecule has 0 atom stereocenters. The summed E-state index contributed by atoms with van der Waals surface area (Å²) < 4.78 is 46.4. The largest absolute Gasteiger partial charge is 0.497 e. The Labute approximate surface area is 499 Å². The molecular weight excluding hydrogens is 1170 g/mol. The molecule has 0 N–H and O–H groups in total. The Morgan fingerprint density at radius 2 is 0.766 bits per heavy atom.